The standard InChI is InChI=1S/C24H39N3O3/c1-2-3-4-5-6-7-8-9-10-11-12-13-14-17-23(29)25-22-18-20-27(24(30)26-22)19-15-16-21-28/h16,18-20,28H,2-14,17,21H2,1H3,(H,25,26,29,30). The van der Waals surface area contributed by atoms with Gasteiger partial charge in [-0.1, -0.05) is 84.0 Å². The Balaban J connectivity index is 2.07. The van der Waals surface area contributed by atoms with Crippen LogP contribution in [0.2, 0.25) is 0 Å². The maximum absolute atomic E-state index is 12.0. The van der Waals surface area contributed by atoms with Crippen LogP contribution in [0.3, 0.4) is 0 Å². The molecular weight excluding hydrogens is 378 g/mol. The minimum atomic E-state index is -0.507. The third kappa shape index (κ3) is 13.1. The number of rotatable bonds is 17. The predicted molar refractivity (Wildman–Crippen MR) is 123 cm³/mol. The van der Waals surface area contributed by atoms with Gasteiger partial charge in [-0.05, 0) is 18.6 Å². The van der Waals surface area contributed by atoms with Gasteiger partial charge in [0.1, 0.15) is 5.82 Å². The summed E-state index contributed by atoms with van der Waals surface area (Å²) in [6.45, 7) is 2.11. The summed E-state index contributed by atoms with van der Waals surface area (Å²) >= 11 is 0. The van der Waals surface area contributed by atoms with Crippen molar-refractivity contribution in [2.75, 3.05) is 11.9 Å². The second kappa shape index (κ2) is 17.7. The molecule has 1 aromatic rings. The Morgan fingerprint density at radius 2 is 1.60 bits per heavy atom. The molecule has 0 saturated heterocycles. The van der Waals surface area contributed by atoms with Crippen LogP contribution in [0.5, 0.6) is 0 Å². The first-order valence-corrected chi connectivity index (χ1v) is 11.6. The van der Waals surface area contributed by atoms with E-state index in [1.165, 1.54) is 93.7 Å². The summed E-state index contributed by atoms with van der Waals surface area (Å²) in [5, 5.41) is 11.3. The molecule has 0 aliphatic rings. The lowest BCUT2D eigenvalue weighted by molar-refractivity contribution is -0.116. The molecule has 1 rings (SSSR count). The minimum Gasteiger partial charge on any atom is -0.392 e. The van der Waals surface area contributed by atoms with Crippen LogP contribution in [0.1, 0.15) is 96.8 Å². The summed E-state index contributed by atoms with van der Waals surface area (Å²) in [5.74, 6) is 0.147. The van der Waals surface area contributed by atoms with Crippen molar-refractivity contribution < 1.29 is 9.90 Å². The highest BCUT2D eigenvalue weighted by atomic mass is 16.2. The Bertz CT molecular complexity index is 706. The van der Waals surface area contributed by atoms with Gasteiger partial charge in [-0.2, -0.15) is 4.98 Å². The van der Waals surface area contributed by atoms with E-state index in [0.29, 0.717) is 6.42 Å². The van der Waals surface area contributed by atoms with E-state index < -0.39 is 5.69 Å². The van der Waals surface area contributed by atoms with Crippen LogP contribution < -0.4 is 11.0 Å². The average molecular weight is 418 g/mol. The lowest BCUT2D eigenvalue weighted by Crippen LogP contribution is -2.21. The van der Waals surface area contributed by atoms with Crippen LogP contribution >= 0.6 is 0 Å². The molecule has 0 aromatic carbocycles. The van der Waals surface area contributed by atoms with E-state index in [4.69, 9.17) is 5.11 Å². The number of anilines is 1. The third-order valence-electron chi connectivity index (χ3n) is 5.03. The first-order valence-electron chi connectivity index (χ1n) is 11.6. The molecule has 1 heterocycles. The predicted octanol–water partition coefficient (Wildman–Crippen LogP) is 5.28. The zero-order valence-electron chi connectivity index (χ0n) is 18.6. The van der Waals surface area contributed by atoms with Crippen molar-refractivity contribution in [3.8, 4) is 0 Å². The quantitative estimate of drug-likeness (QED) is 0.267. The number of hydrogen-bond donors (Lipinski definition) is 2. The van der Waals surface area contributed by atoms with Crippen molar-refractivity contribution in [1.29, 1.82) is 0 Å². The van der Waals surface area contributed by atoms with Gasteiger partial charge in [-0.3, -0.25) is 9.36 Å². The summed E-state index contributed by atoms with van der Waals surface area (Å²) in [7, 11) is 0. The highest BCUT2D eigenvalue weighted by Crippen LogP contribution is 2.13. The molecule has 6 nitrogen and oxygen atoms in total. The van der Waals surface area contributed by atoms with Gasteiger partial charge in [0.2, 0.25) is 5.91 Å². The number of aliphatic hydroxyl groups excluding tert-OH is 1. The van der Waals surface area contributed by atoms with Crippen LogP contribution in [0.25, 0.3) is 6.20 Å². The molecule has 1 amide bonds. The summed E-state index contributed by atoms with van der Waals surface area (Å²) in [5.41, 5.74) is 2.15. The van der Waals surface area contributed by atoms with E-state index in [-0.39, 0.29) is 18.3 Å². The van der Waals surface area contributed by atoms with E-state index >= 15 is 0 Å². The van der Waals surface area contributed by atoms with Crippen molar-refractivity contribution in [1.82, 2.24) is 9.55 Å². The Kier molecular flexibility index (Phi) is 15.2. The van der Waals surface area contributed by atoms with Crippen molar-refractivity contribution >= 4 is 17.9 Å². The zero-order chi connectivity index (χ0) is 21.9. The number of carbonyl (C=O) groups is 1. The molecule has 30 heavy (non-hydrogen) atoms. The molecule has 0 aliphatic carbocycles. The molecule has 0 fully saturated rings. The maximum Gasteiger partial charge on any atom is 0.354 e. The van der Waals surface area contributed by atoms with Gasteiger partial charge in [0.05, 0.1) is 12.8 Å². The van der Waals surface area contributed by atoms with Crippen LogP contribution in [0.4, 0.5) is 5.82 Å². The van der Waals surface area contributed by atoms with Crippen molar-refractivity contribution in [3.05, 3.63) is 34.6 Å². The summed E-state index contributed by atoms with van der Waals surface area (Å²) < 4.78 is 1.23. The van der Waals surface area contributed by atoms with Crippen molar-refractivity contribution in [3.63, 3.8) is 0 Å². The fraction of sp³-hybridized carbons (Fsp3) is 0.667. The number of nitrogens with zero attached hydrogens (tertiary/aromatic N) is 2. The van der Waals surface area contributed by atoms with E-state index in [2.05, 4.69) is 23.0 Å². The molecule has 0 spiro atoms. The third-order valence-corrected chi connectivity index (χ3v) is 5.03. The smallest absolute Gasteiger partial charge is 0.354 e. The van der Waals surface area contributed by atoms with Crippen molar-refractivity contribution in [2.24, 2.45) is 0 Å². The fourth-order valence-electron chi connectivity index (χ4n) is 3.27. The van der Waals surface area contributed by atoms with Gasteiger partial charge < -0.3 is 10.4 Å². The van der Waals surface area contributed by atoms with Gasteiger partial charge in [0.15, 0.2) is 0 Å². The lowest BCUT2D eigenvalue weighted by Gasteiger charge is -2.05. The molecule has 0 saturated carbocycles. The number of carbonyl (C=O) groups excluding carboxylic acids is 1. The Hall–Kier alpha value is -2.17. The number of amides is 1. The van der Waals surface area contributed by atoms with Gasteiger partial charge in [-0.15, -0.1) is 5.73 Å². The highest BCUT2D eigenvalue weighted by Gasteiger charge is 2.04. The number of aliphatic hydroxyl groups is 1. The van der Waals surface area contributed by atoms with Gasteiger partial charge in [0, 0.05) is 12.6 Å². The van der Waals surface area contributed by atoms with Crippen LogP contribution in [-0.4, -0.2) is 27.2 Å². The average Bonchev–Trinajstić information content (AvgIpc) is 2.73. The molecule has 0 aliphatic heterocycles. The maximum atomic E-state index is 12.0. The fourth-order valence-corrected chi connectivity index (χ4v) is 3.27. The molecule has 2 N–H and O–H groups in total. The Morgan fingerprint density at radius 3 is 2.13 bits per heavy atom. The monoisotopic (exact) mass is 417 g/mol. The molecule has 0 radical (unpaired) electrons. The summed E-state index contributed by atoms with van der Waals surface area (Å²) in [6, 6.07) is 1.57. The molecule has 168 valence electrons. The topological polar surface area (TPSA) is 84.2 Å². The molecular formula is C24H39N3O3. The molecule has 0 atom stereocenters. The van der Waals surface area contributed by atoms with Crippen LogP contribution in [0, 0.1) is 0 Å². The Morgan fingerprint density at radius 1 is 1.03 bits per heavy atom. The molecule has 0 unspecified atom stereocenters. The molecule has 6 heteroatoms. The zero-order valence-corrected chi connectivity index (χ0v) is 18.6. The molecule has 0 bridgehead atoms. The van der Waals surface area contributed by atoms with E-state index in [1.807, 2.05) is 0 Å². The van der Waals surface area contributed by atoms with Crippen molar-refractivity contribution in [2.45, 2.75) is 96.8 Å². The normalized spacial score (nSPS) is 10.5. The van der Waals surface area contributed by atoms with Gasteiger partial charge >= 0.3 is 5.69 Å². The first-order chi connectivity index (χ1) is 14.7. The number of nitrogens with one attached hydrogen (secondary N) is 1. The summed E-state index contributed by atoms with van der Waals surface area (Å²) in [4.78, 5) is 27.7. The van der Waals surface area contributed by atoms with Crippen LogP contribution in [-0.2, 0) is 4.79 Å². The highest BCUT2D eigenvalue weighted by molar-refractivity contribution is 5.89. The SMILES string of the molecule is CCCCCCCCCCCCCCCC(=O)Nc1ccn(C=C=CCO)c(=O)n1. The second-order valence-electron chi connectivity index (χ2n) is 7.73. The summed E-state index contributed by atoms with van der Waals surface area (Å²) in [6.07, 6.45) is 21.3. The van der Waals surface area contributed by atoms with E-state index in [9.17, 15) is 9.59 Å². The second-order valence-corrected chi connectivity index (χ2v) is 7.73. The van der Waals surface area contributed by atoms with Gasteiger partial charge in [0.25, 0.3) is 0 Å². The largest absolute Gasteiger partial charge is 0.392 e. The van der Waals surface area contributed by atoms with Gasteiger partial charge in [-0.25, -0.2) is 4.79 Å². The van der Waals surface area contributed by atoms with Crippen LogP contribution in [0.15, 0.2) is 28.9 Å². The van der Waals surface area contributed by atoms with E-state index in [0.717, 1.165) is 12.8 Å². The number of hydrogen-bond acceptors (Lipinski definition) is 4. The number of aromatic nitrogens is 2. The minimum absolute atomic E-state index is 0.113. The lowest BCUT2D eigenvalue weighted by atomic mass is 10.0. The number of unbranched alkanes of at least 4 members (excludes halogenated alkanes) is 12. The first kappa shape index (κ1) is 25.9. The Labute approximate surface area is 181 Å². The molecule has 1 aromatic heterocycles. The van der Waals surface area contributed by atoms with E-state index in [1.54, 1.807) is 6.07 Å².